The highest BCUT2D eigenvalue weighted by atomic mass is 35.5. The highest BCUT2D eigenvalue weighted by Crippen LogP contribution is 2.43. The summed E-state index contributed by atoms with van der Waals surface area (Å²) in [4.78, 5) is 0. The minimum atomic E-state index is -2.08. The van der Waals surface area contributed by atoms with Gasteiger partial charge in [-0.25, -0.2) is 4.21 Å². The summed E-state index contributed by atoms with van der Waals surface area (Å²) in [5.74, 6) is 0.230. The van der Waals surface area contributed by atoms with Crippen molar-refractivity contribution in [1.29, 1.82) is 0 Å². The van der Waals surface area contributed by atoms with Crippen LogP contribution in [0.1, 0.15) is 41.5 Å². The van der Waals surface area contributed by atoms with E-state index in [-0.39, 0.29) is 12.0 Å². The fourth-order valence-electron chi connectivity index (χ4n) is 3.38. The summed E-state index contributed by atoms with van der Waals surface area (Å²) < 4.78 is 22.6. The Morgan fingerprint density at radius 3 is 2.54 bits per heavy atom. The largest absolute Gasteiger partial charge is 0.313 e. The van der Waals surface area contributed by atoms with Crippen molar-refractivity contribution in [3.05, 3.63) is 63.1 Å². The quantitative estimate of drug-likeness (QED) is 0.667. The molecule has 1 aliphatic carbocycles. The number of rotatable bonds is 4. The first-order valence-corrected chi connectivity index (χ1v) is 9.49. The SMILES string of the molecule is CNC1CCC(c2ccc(Cl)c(Cl)c2)c2ccc(NS(=O)O)cc21. The number of fused-ring (bicyclic) bond motifs is 1. The van der Waals surface area contributed by atoms with Crippen molar-refractivity contribution in [3.63, 3.8) is 0 Å². The molecule has 0 heterocycles. The molecule has 4 nitrogen and oxygen atoms in total. The first kappa shape index (κ1) is 17.7. The maximum absolute atomic E-state index is 11.0. The molecule has 0 aromatic heterocycles. The molecule has 0 bridgehead atoms. The van der Waals surface area contributed by atoms with Crippen LogP contribution in [0.4, 0.5) is 5.69 Å². The molecule has 1 aliphatic rings. The van der Waals surface area contributed by atoms with Crippen molar-refractivity contribution >= 4 is 40.2 Å². The molecular formula is C17H18Cl2N2O2S. The Morgan fingerprint density at radius 2 is 1.88 bits per heavy atom. The van der Waals surface area contributed by atoms with E-state index >= 15 is 0 Å². The fraction of sp³-hybridized carbons (Fsp3) is 0.294. The van der Waals surface area contributed by atoms with E-state index < -0.39 is 11.3 Å². The highest BCUT2D eigenvalue weighted by molar-refractivity contribution is 7.80. The molecule has 0 amide bonds. The fourth-order valence-corrected chi connectivity index (χ4v) is 4.01. The number of halogens is 2. The van der Waals surface area contributed by atoms with Crippen molar-refractivity contribution in [2.24, 2.45) is 0 Å². The van der Waals surface area contributed by atoms with Gasteiger partial charge in [0.1, 0.15) is 0 Å². The molecule has 0 saturated carbocycles. The highest BCUT2D eigenvalue weighted by Gasteiger charge is 2.28. The third-order valence-electron chi connectivity index (χ3n) is 4.48. The Bertz CT molecular complexity index is 785. The molecule has 3 N–H and O–H groups in total. The zero-order valence-electron chi connectivity index (χ0n) is 13.1. The van der Waals surface area contributed by atoms with Crippen LogP contribution in [0.5, 0.6) is 0 Å². The van der Waals surface area contributed by atoms with Gasteiger partial charge in [-0.3, -0.25) is 9.27 Å². The van der Waals surface area contributed by atoms with Gasteiger partial charge in [0.15, 0.2) is 0 Å². The third-order valence-corrected chi connectivity index (χ3v) is 5.63. The van der Waals surface area contributed by atoms with Gasteiger partial charge in [-0.2, -0.15) is 0 Å². The molecule has 128 valence electrons. The molecule has 24 heavy (non-hydrogen) atoms. The van der Waals surface area contributed by atoms with Gasteiger partial charge >= 0.3 is 0 Å². The average Bonchev–Trinajstić information content (AvgIpc) is 2.55. The molecule has 3 rings (SSSR count). The first-order valence-electron chi connectivity index (χ1n) is 7.63. The van der Waals surface area contributed by atoms with Crippen molar-refractivity contribution in [3.8, 4) is 0 Å². The zero-order chi connectivity index (χ0) is 17.3. The summed E-state index contributed by atoms with van der Waals surface area (Å²) >= 11 is 10.1. The second-order valence-electron chi connectivity index (χ2n) is 5.84. The van der Waals surface area contributed by atoms with Crippen LogP contribution < -0.4 is 10.0 Å². The Hall–Kier alpha value is -1.11. The maximum atomic E-state index is 11.0. The number of hydrogen-bond donors (Lipinski definition) is 3. The van der Waals surface area contributed by atoms with Crippen LogP contribution in [0.3, 0.4) is 0 Å². The van der Waals surface area contributed by atoms with E-state index in [4.69, 9.17) is 27.8 Å². The van der Waals surface area contributed by atoms with E-state index in [2.05, 4.69) is 10.0 Å². The van der Waals surface area contributed by atoms with E-state index in [0.717, 1.165) is 24.0 Å². The molecule has 0 fully saturated rings. The molecule has 0 saturated heterocycles. The number of benzene rings is 2. The van der Waals surface area contributed by atoms with Crippen molar-refractivity contribution in [2.75, 3.05) is 11.8 Å². The second-order valence-corrected chi connectivity index (χ2v) is 7.36. The minimum absolute atomic E-state index is 0.216. The monoisotopic (exact) mass is 384 g/mol. The van der Waals surface area contributed by atoms with Gasteiger partial charge in [0.2, 0.25) is 0 Å². The summed E-state index contributed by atoms with van der Waals surface area (Å²) in [5, 5.41) is 4.43. The molecule has 2 aromatic rings. The Morgan fingerprint density at radius 1 is 1.08 bits per heavy atom. The van der Waals surface area contributed by atoms with Crippen LogP contribution in [0, 0.1) is 0 Å². The van der Waals surface area contributed by atoms with Crippen molar-refractivity contribution in [2.45, 2.75) is 24.8 Å². The summed E-state index contributed by atoms with van der Waals surface area (Å²) in [6.45, 7) is 0. The van der Waals surface area contributed by atoms with Crippen LogP contribution in [0.2, 0.25) is 10.0 Å². The van der Waals surface area contributed by atoms with Gasteiger partial charge in [0, 0.05) is 17.6 Å². The Labute approximate surface area is 154 Å². The summed E-state index contributed by atoms with van der Waals surface area (Å²) in [6.07, 6.45) is 1.97. The van der Waals surface area contributed by atoms with E-state index in [0.29, 0.717) is 15.7 Å². The normalized spacial score (nSPS) is 21.2. The molecule has 0 aliphatic heterocycles. The lowest BCUT2D eigenvalue weighted by molar-refractivity contribution is 0.471. The second kappa shape index (κ2) is 7.42. The molecule has 7 heteroatoms. The topological polar surface area (TPSA) is 61.4 Å². The molecule has 3 atom stereocenters. The van der Waals surface area contributed by atoms with E-state index in [1.54, 1.807) is 0 Å². The lowest BCUT2D eigenvalue weighted by atomic mass is 9.76. The van der Waals surface area contributed by atoms with Crippen LogP contribution in [0.15, 0.2) is 36.4 Å². The van der Waals surface area contributed by atoms with Gasteiger partial charge < -0.3 is 5.32 Å². The van der Waals surface area contributed by atoms with Crippen LogP contribution in [-0.2, 0) is 11.3 Å². The van der Waals surface area contributed by atoms with Crippen LogP contribution in [-0.4, -0.2) is 15.8 Å². The van der Waals surface area contributed by atoms with Gasteiger partial charge in [-0.05, 0) is 60.8 Å². The zero-order valence-corrected chi connectivity index (χ0v) is 15.4. The summed E-state index contributed by atoms with van der Waals surface area (Å²) in [7, 11) is 1.93. The predicted molar refractivity (Wildman–Crippen MR) is 100 cm³/mol. The van der Waals surface area contributed by atoms with E-state index in [1.807, 2.05) is 43.4 Å². The van der Waals surface area contributed by atoms with E-state index in [9.17, 15) is 4.21 Å². The number of nitrogens with one attached hydrogen (secondary N) is 2. The number of anilines is 1. The van der Waals surface area contributed by atoms with Gasteiger partial charge in [-0.1, -0.05) is 35.3 Å². The predicted octanol–water partition coefficient (Wildman–Crippen LogP) is 4.73. The molecular weight excluding hydrogens is 367 g/mol. The van der Waals surface area contributed by atoms with Crippen molar-refractivity contribution < 1.29 is 8.76 Å². The van der Waals surface area contributed by atoms with Crippen LogP contribution >= 0.6 is 23.2 Å². The molecule has 3 unspecified atom stereocenters. The standard InChI is InChI=1S/C17H18Cl2N2O2S/c1-20-17-7-5-12(10-2-6-15(18)16(19)8-10)13-4-3-11(9-14(13)17)21-24(22)23/h2-4,6,8-9,12,17,20-21H,5,7H2,1H3,(H,22,23). The van der Waals surface area contributed by atoms with E-state index in [1.165, 1.54) is 5.56 Å². The van der Waals surface area contributed by atoms with Gasteiger partial charge in [0.05, 0.1) is 10.0 Å². The number of hydrogen-bond acceptors (Lipinski definition) is 2. The summed E-state index contributed by atoms with van der Waals surface area (Å²) in [5.41, 5.74) is 4.10. The molecule has 0 spiro atoms. The molecule has 2 aromatic carbocycles. The average molecular weight is 385 g/mol. The lowest BCUT2D eigenvalue weighted by Crippen LogP contribution is -2.24. The Kier molecular flexibility index (Phi) is 5.47. The maximum Gasteiger partial charge on any atom is 0.259 e. The first-order chi connectivity index (χ1) is 11.5. The smallest absolute Gasteiger partial charge is 0.259 e. The Balaban J connectivity index is 2.03. The summed E-state index contributed by atoms with van der Waals surface area (Å²) in [6, 6.07) is 11.8. The molecule has 0 radical (unpaired) electrons. The van der Waals surface area contributed by atoms with Gasteiger partial charge in [-0.15, -0.1) is 0 Å². The third kappa shape index (κ3) is 3.60. The van der Waals surface area contributed by atoms with Crippen LogP contribution in [0.25, 0.3) is 0 Å². The van der Waals surface area contributed by atoms with Crippen molar-refractivity contribution in [1.82, 2.24) is 5.32 Å². The lowest BCUT2D eigenvalue weighted by Gasteiger charge is -2.32. The minimum Gasteiger partial charge on any atom is -0.313 e. The van der Waals surface area contributed by atoms with Gasteiger partial charge in [0.25, 0.3) is 11.3 Å².